The molecule has 1 aliphatic heterocycles. The minimum Gasteiger partial charge on any atom is -0.396 e. The van der Waals surface area contributed by atoms with Crippen LogP contribution in [0.25, 0.3) is 11.2 Å². The molecule has 102 valence electrons. The summed E-state index contributed by atoms with van der Waals surface area (Å²) < 4.78 is 7.48. The van der Waals surface area contributed by atoms with Gasteiger partial charge < -0.3 is 20.7 Å². The van der Waals surface area contributed by atoms with Crippen molar-refractivity contribution < 1.29 is 14.9 Å². The highest BCUT2D eigenvalue weighted by Crippen LogP contribution is 2.35. The summed E-state index contributed by atoms with van der Waals surface area (Å²) in [6.07, 6.45) is 2.83. The molecule has 2 aromatic rings. The maximum Gasteiger partial charge on any atom is 0.183 e. The fourth-order valence-corrected chi connectivity index (χ4v) is 2.46. The molecule has 0 radical (unpaired) electrons. The molecule has 0 unspecified atom stereocenters. The van der Waals surface area contributed by atoms with Gasteiger partial charge in [0.25, 0.3) is 0 Å². The fourth-order valence-electron chi connectivity index (χ4n) is 2.46. The molecule has 0 amide bonds. The highest BCUT2D eigenvalue weighted by atomic mass is 16.5. The van der Waals surface area contributed by atoms with Gasteiger partial charge >= 0.3 is 0 Å². The van der Waals surface area contributed by atoms with E-state index in [0.29, 0.717) is 23.4 Å². The monoisotopic (exact) mass is 265 g/mol. The summed E-state index contributed by atoms with van der Waals surface area (Å²) in [5.41, 5.74) is 6.95. The molecule has 3 heterocycles. The van der Waals surface area contributed by atoms with Gasteiger partial charge in [-0.05, 0) is 0 Å². The highest BCUT2D eigenvalue weighted by molar-refractivity contribution is 5.81. The zero-order chi connectivity index (χ0) is 13.4. The van der Waals surface area contributed by atoms with Gasteiger partial charge in [0.15, 0.2) is 11.5 Å². The van der Waals surface area contributed by atoms with Crippen molar-refractivity contribution in [2.45, 2.75) is 18.8 Å². The molecule has 0 bridgehead atoms. The van der Waals surface area contributed by atoms with E-state index < -0.39 is 0 Å². The lowest BCUT2D eigenvalue weighted by molar-refractivity contribution is -0.0332. The van der Waals surface area contributed by atoms with Crippen molar-refractivity contribution in [2.75, 3.05) is 18.9 Å². The van der Waals surface area contributed by atoms with Gasteiger partial charge in [-0.1, -0.05) is 0 Å². The molecule has 8 nitrogen and oxygen atoms in total. The molecule has 2 aromatic heterocycles. The number of imidazole rings is 1. The first kappa shape index (κ1) is 12.3. The Kier molecular flexibility index (Phi) is 3.05. The Labute approximate surface area is 108 Å². The van der Waals surface area contributed by atoms with Crippen molar-refractivity contribution >= 4 is 17.0 Å². The Morgan fingerprint density at radius 2 is 2.16 bits per heavy atom. The third-order valence-electron chi connectivity index (χ3n) is 3.48. The number of nitrogen functional groups attached to an aromatic ring is 1. The summed E-state index contributed by atoms with van der Waals surface area (Å²) in [5, 5.41) is 18.5. The van der Waals surface area contributed by atoms with Gasteiger partial charge in [-0.2, -0.15) is 0 Å². The first-order valence-electron chi connectivity index (χ1n) is 6.04. The molecule has 0 saturated carbocycles. The number of aliphatic hydroxyl groups excluding tert-OH is 2. The first-order valence-corrected chi connectivity index (χ1v) is 6.04. The van der Waals surface area contributed by atoms with Gasteiger partial charge in [0.05, 0.1) is 19.0 Å². The van der Waals surface area contributed by atoms with Crippen LogP contribution in [0.2, 0.25) is 0 Å². The van der Waals surface area contributed by atoms with Crippen molar-refractivity contribution in [1.29, 1.82) is 0 Å². The van der Waals surface area contributed by atoms with Crippen LogP contribution in [0.3, 0.4) is 0 Å². The van der Waals surface area contributed by atoms with Gasteiger partial charge in [-0.3, -0.25) is 4.57 Å². The maximum atomic E-state index is 9.29. The maximum absolute atomic E-state index is 9.29. The third kappa shape index (κ3) is 1.93. The Morgan fingerprint density at radius 1 is 1.32 bits per heavy atom. The quantitative estimate of drug-likeness (QED) is 0.671. The van der Waals surface area contributed by atoms with Crippen LogP contribution in [0.15, 0.2) is 12.7 Å². The first-order chi connectivity index (χ1) is 9.24. The Morgan fingerprint density at radius 3 is 2.84 bits per heavy atom. The second kappa shape index (κ2) is 4.72. The number of ether oxygens (including phenoxy) is 1. The van der Waals surface area contributed by atoms with Crippen LogP contribution in [-0.4, -0.2) is 49.0 Å². The second-order valence-electron chi connectivity index (χ2n) is 4.57. The van der Waals surface area contributed by atoms with Gasteiger partial charge in [-0.15, -0.1) is 0 Å². The van der Waals surface area contributed by atoms with Crippen molar-refractivity contribution in [3.05, 3.63) is 12.7 Å². The molecule has 3 rings (SSSR count). The lowest BCUT2D eigenvalue weighted by atomic mass is 10.0. The van der Waals surface area contributed by atoms with Gasteiger partial charge in [-0.25, -0.2) is 15.0 Å². The summed E-state index contributed by atoms with van der Waals surface area (Å²) in [7, 11) is 0. The zero-order valence-corrected chi connectivity index (χ0v) is 10.2. The SMILES string of the molecule is Nc1ncnc2ncn([C@H]3C[C@H](CO)[C@@H](CO)O3)c12. The molecule has 1 aliphatic rings. The van der Waals surface area contributed by atoms with Crippen molar-refractivity contribution in [1.82, 2.24) is 19.5 Å². The number of anilines is 1. The average Bonchev–Trinajstić information content (AvgIpc) is 3.02. The Hall–Kier alpha value is -1.77. The molecule has 1 fully saturated rings. The largest absolute Gasteiger partial charge is 0.396 e. The highest BCUT2D eigenvalue weighted by Gasteiger charge is 2.36. The van der Waals surface area contributed by atoms with Crippen LogP contribution in [0.1, 0.15) is 12.6 Å². The van der Waals surface area contributed by atoms with Gasteiger partial charge in [0, 0.05) is 18.9 Å². The summed E-state index contributed by atoms with van der Waals surface area (Å²) in [6, 6.07) is 0. The van der Waals surface area contributed by atoms with E-state index in [4.69, 9.17) is 10.5 Å². The van der Waals surface area contributed by atoms with Crippen LogP contribution < -0.4 is 5.73 Å². The van der Waals surface area contributed by atoms with E-state index in [0.717, 1.165) is 0 Å². The number of aliphatic hydroxyl groups is 2. The van der Waals surface area contributed by atoms with E-state index in [-0.39, 0.29) is 31.5 Å². The van der Waals surface area contributed by atoms with Crippen molar-refractivity contribution in [3.8, 4) is 0 Å². The number of aromatic nitrogens is 4. The molecule has 0 aliphatic carbocycles. The molecule has 1 saturated heterocycles. The van der Waals surface area contributed by atoms with Crippen molar-refractivity contribution in [3.63, 3.8) is 0 Å². The van der Waals surface area contributed by atoms with Crippen LogP contribution >= 0.6 is 0 Å². The number of hydrogen-bond donors (Lipinski definition) is 3. The number of nitrogens with two attached hydrogens (primary N) is 1. The molecule has 4 N–H and O–H groups in total. The van der Waals surface area contributed by atoms with Crippen LogP contribution in [0, 0.1) is 5.92 Å². The molecular weight excluding hydrogens is 250 g/mol. The van der Waals surface area contributed by atoms with E-state index in [1.807, 2.05) is 0 Å². The second-order valence-corrected chi connectivity index (χ2v) is 4.57. The summed E-state index contributed by atoms with van der Waals surface area (Å²) in [4.78, 5) is 12.1. The number of fused-ring (bicyclic) bond motifs is 1. The number of rotatable bonds is 3. The molecule has 19 heavy (non-hydrogen) atoms. The Bertz CT molecular complexity index is 575. The molecule has 3 atom stereocenters. The molecule has 0 spiro atoms. The van der Waals surface area contributed by atoms with E-state index in [1.54, 1.807) is 10.9 Å². The van der Waals surface area contributed by atoms with E-state index in [2.05, 4.69) is 15.0 Å². The summed E-state index contributed by atoms with van der Waals surface area (Å²) in [6.45, 7) is -0.152. The smallest absolute Gasteiger partial charge is 0.183 e. The minimum atomic E-state index is -0.377. The predicted molar refractivity (Wildman–Crippen MR) is 65.9 cm³/mol. The van der Waals surface area contributed by atoms with E-state index in [9.17, 15) is 10.2 Å². The molecule has 8 heteroatoms. The summed E-state index contributed by atoms with van der Waals surface area (Å²) >= 11 is 0. The van der Waals surface area contributed by atoms with Gasteiger partial charge in [0.1, 0.15) is 18.1 Å². The zero-order valence-electron chi connectivity index (χ0n) is 10.2. The standard InChI is InChI=1S/C11H15N5O3/c12-10-9-11(14-4-13-10)15-5-16(9)8-1-6(2-17)7(3-18)19-8/h4-8,17-18H,1-3H2,(H2,12,13,14)/t6-,7-,8-/m1/s1. The molecular formula is C11H15N5O3. The topological polar surface area (TPSA) is 119 Å². The van der Waals surface area contributed by atoms with Crippen LogP contribution in [-0.2, 0) is 4.74 Å². The number of hydrogen-bond acceptors (Lipinski definition) is 7. The third-order valence-corrected chi connectivity index (χ3v) is 3.48. The van der Waals surface area contributed by atoms with E-state index >= 15 is 0 Å². The average molecular weight is 265 g/mol. The minimum absolute atomic E-state index is 0.0274. The van der Waals surface area contributed by atoms with Crippen LogP contribution in [0.4, 0.5) is 5.82 Å². The lowest BCUT2D eigenvalue weighted by Gasteiger charge is -2.14. The van der Waals surface area contributed by atoms with Gasteiger partial charge in [0.2, 0.25) is 0 Å². The summed E-state index contributed by atoms with van der Waals surface area (Å²) in [5.74, 6) is 0.234. The number of nitrogens with zero attached hydrogens (tertiary/aromatic N) is 4. The Balaban J connectivity index is 1.97. The predicted octanol–water partition coefficient (Wildman–Crippen LogP) is -0.703. The fraction of sp³-hybridized carbons (Fsp3) is 0.545. The van der Waals surface area contributed by atoms with Crippen molar-refractivity contribution in [2.24, 2.45) is 5.92 Å². The molecule has 0 aromatic carbocycles. The normalized spacial score (nSPS) is 27.2. The van der Waals surface area contributed by atoms with Crippen LogP contribution in [0.5, 0.6) is 0 Å². The van der Waals surface area contributed by atoms with E-state index in [1.165, 1.54) is 6.33 Å². The lowest BCUT2D eigenvalue weighted by Crippen LogP contribution is -2.23.